The van der Waals surface area contributed by atoms with Crippen molar-refractivity contribution in [2.75, 3.05) is 13.4 Å². The van der Waals surface area contributed by atoms with Crippen molar-refractivity contribution in [3.8, 4) is 11.4 Å². The maximum atomic E-state index is 13.5. The van der Waals surface area contributed by atoms with E-state index in [1.807, 2.05) is 30.3 Å². The van der Waals surface area contributed by atoms with Crippen molar-refractivity contribution in [2.24, 2.45) is 5.73 Å². The summed E-state index contributed by atoms with van der Waals surface area (Å²) in [5.74, 6) is 0.504. The molecule has 0 spiro atoms. The summed E-state index contributed by atoms with van der Waals surface area (Å²) in [7, 11) is -2.05. The Balaban J connectivity index is 1.89. The standard InChI is InChI=1S/C26H26N4O5S/c1-35-21-13-8-12-20(16-21)30-26(32)29(17-22(27)18-9-4-3-5-10-18)25(31)23(28-30)15-19-11-6-7-14-24(19)36(2,33)34/h3-14,16,22H,15,17,27H2,1-2H3. The Morgan fingerprint density at radius 2 is 1.67 bits per heavy atom. The zero-order valence-corrected chi connectivity index (χ0v) is 20.7. The first-order valence-corrected chi connectivity index (χ1v) is 13.0. The van der Waals surface area contributed by atoms with Gasteiger partial charge in [0.15, 0.2) is 9.84 Å². The van der Waals surface area contributed by atoms with E-state index in [-0.39, 0.29) is 23.6 Å². The lowest BCUT2D eigenvalue weighted by Crippen LogP contribution is -2.44. The highest BCUT2D eigenvalue weighted by Gasteiger charge is 2.20. The van der Waals surface area contributed by atoms with Crippen molar-refractivity contribution in [1.82, 2.24) is 14.3 Å². The average Bonchev–Trinajstić information content (AvgIpc) is 2.88. The molecule has 0 saturated carbocycles. The van der Waals surface area contributed by atoms with E-state index in [2.05, 4.69) is 5.10 Å². The first kappa shape index (κ1) is 25.1. The molecule has 186 valence electrons. The average molecular weight is 507 g/mol. The van der Waals surface area contributed by atoms with Crippen LogP contribution in [-0.2, 0) is 22.8 Å². The lowest BCUT2D eigenvalue weighted by molar-refractivity contribution is 0.414. The Morgan fingerprint density at radius 3 is 2.36 bits per heavy atom. The third kappa shape index (κ3) is 5.29. The van der Waals surface area contributed by atoms with Crippen molar-refractivity contribution in [3.05, 3.63) is 117 Å². The highest BCUT2D eigenvalue weighted by molar-refractivity contribution is 7.90. The summed E-state index contributed by atoms with van der Waals surface area (Å²) in [5, 5.41) is 4.36. The number of rotatable bonds is 8. The number of aromatic nitrogens is 3. The quantitative estimate of drug-likeness (QED) is 0.388. The zero-order chi connectivity index (χ0) is 25.9. The molecular formula is C26H26N4O5S. The smallest absolute Gasteiger partial charge is 0.352 e. The number of nitrogens with two attached hydrogens (primary N) is 1. The highest BCUT2D eigenvalue weighted by Crippen LogP contribution is 2.19. The molecule has 0 amide bonds. The number of sulfone groups is 1. The summed E-state index contributed by atoms with van der Waals surface area (Å²) < 4.78 is 32.1. The monoisotopic (exact) mass is 506 g/mol. The van der Waals surface area contributed by atoms with E-state index in [1.165, 1.54) is 13.2 Å². The summed E-state index contributed by atoms with van der Waals surface area (Å²) in [5.41, 5.74) is 6.62. The maximum Gasteiger partial charge on any atom is 0.352 e. The summed E-state index contributed by atoms with van der Waals surface area (Å²) >= 11 is 0. The van der Waals surface area contributed by atoms with Crippen molar-refractivity contribution < 1.29 is 13.2 Å². The second-order valence-corrected chi connectivity index (χ2v) is 10.3. The van der Waals surface area contributed by atoms with Crippen LogP contribution in [0, 0.1) is 0 Å². The molecule has 1 atom stereocenters. The summed E-state index contributed by atoms with van der Waals surface area (Å²) in [6.45, 7) is -0.0884. The predicted octanol–water partition coefficient (Wildman–Crippen LogP) is 2.10. The van der Waals surface area contributed by atoms with Crippen LogP contribution < -0.4 is 21.7 Å². The number of hydrogen-bond donors (Lipinski definition) is 1. The minimum Gasteiger partial charge on any atom is -0.497 e. The molecule has 1 heterocycles. The number of benzene rings is 3. The molecule has 36 heavy (non-hydrogen) atoms. The Hall–Kier alpha value is -4.02. The van der Waals surface area contributed by atoms with Gasteiger partial charge in [-0.3, -0.25) is 9.36 Å². The molecule has 0 aliphatic heterocycles. The van der Waals surface area contributed by atoms with E-state index in [9.17, 15) is 18.0 Å². The van der Waals surface area contributed by atoms with Crippen LogP contribution in [0.25, 0.3) is 5.69 Å². The number of ether oxygens (including phenoxy) is 1. The summed E-state index contributed by atoms with van der Waals surface area (Å²) in [6, 6.07) is 21.6. The Labute approximate surface area is 208 Å². The minimum atomic E-state index is -3.55. The molecule has 0 saturated heterocycles. The molecule has 2 N–H and O–H groups in total. The van der Waals surface area contributed by atoms with Crippen LogP contribution in [-0.4, -0.2) is 36.1 Å². The van der Waals surface area contributed by atoms with Gasteiger partial charge in [-0.2, -0.15) is 9.78 Å². The topological polar surface area (TPSA) is 126 Å². The lowest BCUT2D eigenvalue weighted by Gasteiger charge is -2.17. The van der Waals surface area contributed by atoms with Crippen molar-refractivity contribution >= 4 is 9.84 Å². The van der Waals surface area contributed by atoms with Crippen LogP contribution in [0.15, 0.2) is 93.3 Å². The van der Waals surface area contributed by atoms with Crippen molar-refractivity contribution in [2.45, 2.75) is 23.9 Å². The van der Waals surface area contributed by atoms with Crippen molar-refractivity contribution in [1.29, 1.82) is 0 Å². The van der Waals surface area contributed by atoms with Gasteiger partial charge in [0, 0.05) is 24.8 Å². The number of hydrogen-bond acceptors (Lipinski definition) is 7. The fourth-order valence-corrected chi connectivity index (χ4v) is 4.88. The van der Waals surface area contributed by atoms with Crippen LogP contribution >= 0.6 is 0 Å². The SMILES string of the molecule is COc1cccc(-n2nc(Cc3ccccc3S(C)(=O)=O)c(=O)n(CC(N)c3ccccc3)c2=O)c1. The Kier molecular flexibility index (Phi) is 7.18. The molecule has 4 aromatic rings. The normalized spacial score (nSPS) is 12.3. The van der Waals surface area contributed by atoms with Crippen molar-refractivity contribution in [3.63, 3.8) is 0 Å². The van der Waals surface area contributed by atoms with Gasteiger partial charge in [0.25, 0.3) is 5.56 Å². The van der Waals surface area contributed by atoms with Gasteiger partial charge in [-0.15, -0.1) is 0 Å². The third-order valence-electron chi connectivity index (χ3n) is 5.76. The van der Waals surface area contributed by atoms with Crippen LogP contribution in [0.2, 0.25) is 0 Å². The molecule has 0 radical (unpaired) electrons. The fraction of sp³-hybridized carbons (Fsp3) is 0.192. The molecule has 0 fully saturated rings. The third-order valence-corrected chi connectivity index (χ3v) is 6.96. The molecule has 1 unspecified atom stereocenters. The first-order chi connectivity index (χ1) is 17.2. The molecule has 0 bridgehead atoms. The second-order valence-electron chi connectivity index (χ2n) is 8.33. The molecule has 4 rings (SSSR count). The molecule has 0 aliphatic rings. The van der Waals surface area contributed by atoms with Crippen LogP contribution in [0.1, 0.15) is 22.9 Å². The zero-order valence-electron chi connectivity index (χ0n) is 19.9. The van der Waals surface area contributed by atoms with Gasteiger partial charge >= 0.3 is 5.69 Å². The van der Waals surface area contributed by atoms with E-state index in [0.717, 1.165) is 21.1 Å². The molecule has 10 heteroatoms. The Bertz CT molecular complexity index is 1610. The highest BCUT2D eigenvalue weighted by atomic mass is 32.2. The largest absolute Gasteiger partial charge is 0.497 e. The van der Waals surface area contributed by atoms with Gasteiger partial charge < -0.3 is 10.5 Å². The van der Waals surface area contributed by atoms with E-state index < -0.39 is 27.1 Å². The van der Waals surface area contributed by atoms with E-state index in [0.29, 0.717) is 17.0 Å². The van der Waals surface area contributed by atoms with Gasteiger partial charge in [0.05, 0.1) is 24.2 Å². The minimum absolute atomic E-state index is 0.00813. The molecule has 3 aromatic carbocycles. The van der Waals surface area contributed by atoms with E-state index in [1.54, 1.807) is 42.5 Å². The summed E-state index contributed by atoms with van der Waals surface area (Å²) in [4.78, 5) is 27.0. The van der Waals surface area contributed by atoms with Gasteiger partial charge in [-0.25, -0.2) is 13.2 Å². The summed E-state index contributed by atoms with van der Waals surface area (Å²) in [6.07, 6.45) is 1.01. The molecule has 0 aliphatic carbocycles. The van der Waals surface area contributed by atoms with Gasteiger partial charge in [0.2, 0.25) is 0 Å². The van der Waals surface area contributed by atoms with Gasteiger partial charge in [-0.1, -0.05) is 54.6 Å². The van der Waals surface area contributed by atoms with Crippen LogP contribution in [0.3, 0.4) is 0 Å². The number of nitrogens with zero attached hydrogens (tertiary/aromatic N) is 3. The van der Waals surface area contributed by atoms with E-state index in [4.69, 9.17) is 10.5 Å². The lowest BCUT2D eigenvalue weighted by atomic mass is 10.1. The fourth-order valence-electron chi connectivity index (χ4n) is 3.94. The second kappa shape index (κ2) is 10.3. The van der Waals surface area contributed by atoms with Crippen LogP contribution in [0.5, 0.6) is 5.75 Å². The predicted molar refractivity (Wildman–Crippen MR) is 136 cm³/mol. The van der Waals surface area contributed by atoms with E-state index >= 15 is 0 Å². The van der Waals surface area contributed by atoms with Gasteiger partial charge in [0.1, 0.15) is 11.4 Å². The number of methoxy groups -OCH3 is 1. The van der Waals surface area contributed by atoms with Gasteiger partial charge in [-0.05, 0) is 29.3 Å². The maximum absolute atomic E-state index is 13.5. The molecular weight excluding hydrogens is 480 g/mol. The Morgan fingerprint density at radius 1 is 0.972 bits per heavy atom. The van der Waals surface area contributed by atoms with Crippen LogP contribution in [0.4, 0.5) is 0 Å². The first-order valence-electron chi connectivity index (χ1n) is 11.1. The molecule has 9 nitrogen and oxygen atoms in total. The molecule has 1 aromatic heterocycles.